The third kappa shape index (κ3) is 6.63. The monoisotopic (exact) mass is 601 g/mol. The lowest BCUT2D eigenvalue weighted by Crippen LogP contribution is -2.21. The first-order valence-corrected chi connectivity index (χ1v) is 14.3. The van der Waals surface area contributed by atoms with Gasteiger partial charge >= 0.3 is 6.16 Å². The first kappa shape index (κ1) is 29.6. The molecule has 0 aliphatic heterocycles. The van der Waals surface area contributed by atoms with Gasteiger partial charge in [-0.15, -0.1) is 11.3 Å². The van der Waals surface area contributed by atoms with Crippen LogP contribution in [0.2, 0.25) is 0 Å². The highest BCUT2D eigenvalue weighted by Crippen LogP contribution is 2.40. The van der Waals surface area contributed by atoms with Crippen LogP contribution in [0.25, 0.3) is 20.7 Å². The number of non-ortho nitro benzene ring substituents is 1. The van der Waals surface area contributed by atoms with Crippen LogP contribution in [0.15, 0.2) is 89.9 Å². The number of nitrogens with zero attached hydrogens (tertiary/aromatic N) is 3. The summed E-state index contributed by atoms with van der Waals surface area (Å²) in [4.78, 5) is 40.4. The van der Waals surface area contributed by atoms with Gasteiger partial charge in [-0.25, -0.2) is 9.18 Å². The molecule has 43 heavy (non-hydrogen) atoms. The molecule has 5 rings (SSSR count). The Bertz CT molecular complexity index is 1840. The second-order valence-corrected chi connectivity index (χ2v) is 10.9. The number of carbonyl (C=O) groups excluding carboxylic acids is 1. The van der Waals surface area contributed by atoms with E-state index in [0.717, 1.165) is 10.4 Å². The second kappa shape index (κ2) is 13.0. The highest BCUT2D eigenvalue weighted by Gasteiger charge is 2.24. The van der Waals surface area contributed by atoms with Gasteiger partial charge in [0.25, 0.3) is 5.69 Å². The fourth-order valence-electron chi connectivity index (χ4n) is 4.85. The van der Waals surface area contributed by atoms with E-state index < -0.39 is 22.3 Å². The van der Waals surface area contributed by atoms with Crippen molar-refractivity contribution in [1.29, 1.82) is 0 Å². The number of thiophene rings is 1. The minimum Gasteiger partial charge on any atom is -0.434 e. The van der Waals surface area contributed by atoms with E-state index in [0.29, 0.717) is 40.0 Å². The van der Waals surface area contributed by atoms with E-state index in [4.69, 9.17) is 9.47 Å². The van der Waals surface area contributed by atoms with Gasteiger partial charge in [-0.1, -0.05) is 48.5 Å². The fourth-order valence-corrected chi connectivity index (χ4v) is 6.14. The summed E-state index contributed by atoms with van der Waals surface area (Å²) >= 11 is 1.32. The Hall–Kier alpha value is -4.87. The number of aromatic nitrogens is 1. The van der Waals surface area contributed by atoms with E-state index in [1.807, 2.05) is 42.3 Å². The topological polar surface area (TPSA) is 104 Å². The minimum atomic E-state index is -1.02. The van der Waals surface area contributed by atoms with Crippen molar-refractivity contribution in [2.45, 2.75) is 26.6 Å². The Kier molecular flexibility index (Phi) is 8.93. The number of pyridine rings is 1. The largest absolute Gasteiger partial charge is 0.514 e. The lowest BCUT2D eigenvalue weighted by molar-refractivity contribution is -0.384. The molecule has 11 heteroatoms. The van der Waals surface area contributed by atoms with Crippen molar-refractivity contribution in [2.75, 3.05) is 13.7 Å². The van der Waals surface area contributed by atoms with Crippen LogP contribution >= 0.6 is 11.3 Å². The van der Waals surface area contributed by atoms with Gasteiger partial charge in [0, 0.05) is 35.7 Å². The zero-order valence-electron chi connectivity index (χ0n) is 23.5. The molecule has 0 unspecified atom stereocenters. The molecule has 0 radical (unpaired) electrons. The van der Waals surface area contributed by atoms with Crippen molar-refractivity contribution in [1.82, 2.24) is 9.47 Å². The normalized spacial score (nSPS) is 11.2. The molecule has 0 aliphatic rings. The highest BCUT2D eigenvalue weighted by atomic mass is 32.1. The smallest absolute Gasteiger partial charge is 0.434 e. The van der Waals surface area contributed by atoms with Crippen LogP contribution in [0.5, 0.6) is 5.75 Å². The molecule has 0 bridgehead atoms. The Morgan fingerprint density at radius 1 is 1.02 bits per heavy atom. The van der Waals surface area contributed by atoms with Crippen LogP contribution in [-0.2, 0) is 24.4 Å². The number of nitro groups is 1. The molecule has 9 nitrogen and oxygen atoms in total. The lowest BCUT2D eigenvalue weighted by atomic mass is 10.0. The van der Waals surface area contributed by atoms with E-state index in [1.165, 1.54) is 35.7 Å². The maximum atomic E-state index is 14.8. The number of nitro benzene ring substituents is 1. The summed E-state index contributed by atoms with van der Waals surface area (Å²) in [6, 6.07) is 22.3. The quantitative estimate of drug-likeness (QED) is 0.0965. The summed E-state index contributed by atoms with van der Waals surface area (Å²) < 4.78 is 26.7. The average molecular weight is 602 g/mol. The van der Waals surface area contributed by atoms with Gasteiger partial charge in [0.1, 0.15) is 10.6 Å². The van der Waals surface area contributed by atoms with Crippen molar-refractivity contribution in [3.05, 3.63) is 128 Å². The molecule has 5 aromatic rings. The predicted molar refractivity (Wildman–Crippen MR) is 163 cm³/mol. The van der Waals surface area contributed by atoms with Gasteiger partial charge in [-0.05, 0) is 48.9 Å². The lowest BCUT2D eigenvalue weighted by Gasteiger charge is -2.18. The van der Waals surface area contributed by atoms with E-state index in [-0.39, 0.29) is 24.6 Å². The first-order valence-electron chi connectivity index (χ1n) is 13.5. The summed E-state index contributed by atoms with van der Waals surface area (Å²) in [7, 11) is 1.92. The number of rotatable bonds is 10. The van der Waals surface area contributed by atoms with Crippen LogP contribution in [0.4, 0.5) is 14.9 Å². The van der Waals surface area contributed by atoms with Gasteiger partial charge < -0.3 is 14.0 Å². The van der Waals surface area contributed by atoms with Crippen molar-refractivity contribution in [3.8, 4) is 16.2 Å². The molecule has 0 fully saturated rings. The summed E-state index contributed by atoms with van der Waals surface area (Å²) in [5, 5.41) is 11.6. The average Bonchev–Trinajstić information content (AvgIpc) is 3.36. The number of ether oxygens (including phenoxy) is 2. The molecular weight excluding hydrogens is 573 g/mol. The summed E-state index contributed by atoms with van der Waals surface area (Å²) in [5.74, 6) is -0.667. The fraction of sp³-hybridized carbons (Fsp3) is 0.188. The number of fused-ring (bicyclic) bond motifs is 1. The third-order valence-electron chi connectivity index (χ3n) is 6.79. The molecule has 0 saturated carbocycles. The summed E-state index contributed by atoms with van der Waals surface area (Å²) in [5.41, 5.74) is 2.22. The first-order chi connectivity index (χ1) is 20.7. The molecule has 3 aromatic carbocycles. The summed E-state index contributed by atoms with van der Waals surface area (Å²) in [6.07, 6.45) is 0.367. The van der Waals surface area contributed by atoms with Gasteiger partial charge in [0.2, 0.25) is 5.43 Å². The van der Waals surface area contributed by atoms with E-state index in [2.05, 4.69) is 0 Å². The molecule has 2 aromatic heterocycles. The molecule has 0 atom stereocenters. The van der Waals surface area contributed by atoms with Gasteiger partial charge in [0.05, 0.1) is 29.7 Å². The van der Waals surface area contributed by atoms with Crippen molar-refractivity contribution >= 4 is 33.4 Å². The zero-order chi connectivity index (χ0) is 30.5. The van der Waals surface area contributed by atoms with E-state index in [9.17, 15) is 24.1 Å². The number of benzene rings is 3. The maximum Gasteiger partial charge on any atom is 0.514 e. The van der Waals surface area contributed by atoms with Gasteiger partial charge in [-0.3, -0.25) is 19.8 Å². The van der Waals surface area contributed by atoms with Crippen LogP contribution in [0, 0.1) is 15.9 Å². The van der Waals surface area contributed by atoms with Gasteiger partial charge in [-0.2, -0.15) is 0 Å². The number of carbonyl (C=O) groups is 1. The zero-order valence-corrected chi connectivity index (χ0v) is 24.3. The van der Waals surface area contributed by atoms with E-state index >= 15 is 0 Å². The number of hydrogen-bond donors (Lipinski definition) is 0. The Morgan fingerprint density at radius 2 is 1.72 bits per heavy atom. The van der Waals surface area contributed by atoms with Crippen LogP contribution in [-0.4, -0.2) is 34.2 Å². The van der Waals surface area contributed by atoms with Crippen LogP contribution in [0.3, 0.4) is 0 Å². The molecule has 0 spiro atoms. The molecule has 0 N–H and O–H groups in total. The predicted octanol–water partition coefficient (Wildman–Crippen LogP) is 6.99. The van der Waals surface area contributed by atoms with Crippen molar-refractivity contribution in [3.63, 3.8) is 0 Å². The van der Waals surface area contributed by atoms with Crippen LogP contribution in [0.1, 0.15) is 23.6 Å². The summed E-state index contributed by atoms with van der Waals surface area (Å²) in [6.45, 7) is 2.65. The molecule has 220 valence electrons. The second-order valence-electron chi connectivity index (χ2n) is 9.88. The van der Waals surface area contributed by atoms with Crippen molar-refractivity contribution < 1.29 is 23.6 Å². The SMILES string of the molecule is CCOC(=O)Oc1cn(Cc2ccccc2F)c2sc(-c3ccc([N+](=O)[O-])cc3)c(CN(C)Cc3ccccc3)c2c1=O. The highest BCUT2D eigenvalue weighted by molar-refractivity contribution is 7.22. The maximum absolute atomic E-state index is 14.8. The molecular formula is C32H28FN3O6S. The molecule has 0 aliphatic carbocycles. The van der Waals surface area contributed by atoms with Crippen molar-refractivity contribution in [2.24, 2.45) is 0 Å². The minimum absolute atomic E-state index is 0.0577. The standard InChI is InChI=1S/C32H28FN3O6S/c1-3-41-32(38)42-27-20-35(18-23-11-7-8-12-26(23)33)31-28(29(27)37)25(19-34(2)17-21-9-5-4-6-10-21)30(43-31)22-13-15-24(16-14-22)36(39)40/h4-16,20H,3,17-19H2,1-2H3. The molecule has 0 saturated heterocycles. The van der Waals surface area contributed by atoms with E-state index in [1.54, 1.807) is 41.8 Å². The molecule has 0 amide bonds. The molecule has 2 heterocycles. The Labute approximate surface area is 250 Å². The number of hydrogen-bond acceptors (Lipinski definition) is 8. The Balaban J connectivity index is 1.71. The van der Waals surface area contributed by atoms with Crippen LogP contribution < -0.4 is 10.2 Å². The third-order valence-corrected chi connectivity index (χ3v) is 8.11. The Morgan fingerprint density at radius 3 is 2.40 bits per heavy atom. The van der Waals surface area contributed by atoms with Gasteiger partial charge in [0.15, 0.2) is 5.75 Å². The number of halogens is 1.